The van der Waals surface area contributed by atoms with Gasteiger partial charge < -0.3 is 20.1 Å². The van der Waals surface area contributed by atoms with E-state index in [-0.39, 0.29) is 41.7 Å². The van der Waals surface area contributed by atoms with Crippen molar-refractivity contribution in [3.05, 3.63) is 52.0 Å². The SMILES string of the molecule is Cc1nc(N[C@H](C)c2cccc(C(F)(F)F)c2C)c(C2OCCO2)c(C(C(=O)NC2(C)CC2)S(C)(=O)=O)n1. The van der Waals surface area contributed by atoms with E-state index < -0.39 is 50.6 Å². The molecule has 208 valence electrons. The number of alkyl halides is 3. The molecule has 1 saturated carbocycles. The van der Waals surface area contributed by atoms with Gasteiger partial charge in [-0.15, -0.1) is 0 Å². The van der Waals surface area contributed by atoms with E-state index in [1.165, 1.54) is 19.9 Å². The second kappa shape index (κ2) is 10.1. The molecule has 13 heteroatoms. The molecule has 1 aromatic carbocycles. The van der Waals surface area contributed by atoms with Crippen molar-refractivity contribution >= 4 is 21.6 Å². The number of sulfone groups is 1. The number of benzene rings is 1. The predicted molar refractivity (Wildman–Crippen MR) is 133 cm³/mol. The maximum absolute atomic E-state index is 13.5. The quantitative estimate of drug-likeness (QED) is 0.499. The molecule has 2 fully saturated rings. The van der Waals surface area contributed by atoms with Gasteiger partial charge in [-0.25, -0.2) is 18.4 Å². The first-order valence-corrected chi connectivity index (χ1v) is 14.1. The highest BCUT2D eigenvalue weighted by atomic mass is 32.2. The molecule has 1 saturated heterocycles. The van der Waals surface area contributed by atoms with Crippen LogP contribution in [-0.4, -0.2) is 49.3 Å². The zero-order chi connectivity index (χ0) is 28.0. The van der Waals surface area contributed by atoms with Gasteiger partial charge in [-0.05, 0) is 57.7 Å². The van der Waals surface area contributed by atoms with Crippen LogP contribution < -0.4 is 10.6 Å². The zero-order valence-electron chi connectivity index (χ0n) is 21.8. The second-order valence-corrected chi connectivity index (χ2v) is 12.3. The molecule has 1 aliphatic heterocycles. The van der Waals surface area contributed by atoms with Crippen LogP contribution in [0.25, 0.3) is 0 Å². The Morgan fingerprint density at radius 3 is 2.34 bits per heavy atom. The Morgan fingerprint density at radius 1 is 1.16 bits per heavy atom. The summed E-state index contributed by atoms with van der Waals surface area (Å²) < 4.78 is 77.8. The fourth-order valence-electron chi connectivity index (χ4n) is 4.58. The van der Waals surface area contributed by atoms with E-state index in [1.807, 2.05) is 6.92 Å². The summed E-state index contributed by atoms with van der Waals surface area (Å²) in [6.45, 7) is 6.84. The lowest BCUT2D eigenvalue weighted by molar-refractivity contribution is -0.138. The minimum Gasteiger partial charge on any atom is -0.363 e. The Bertz CT molecular complexity index is 1340. The van der Waals surface area contributed by atoms with Crippen molar-refractivity contribution in [2.45, 2.75) is 69.8 Å². The molecule has 1 amide bonds. The summed E-state index contributed by atoms with van der Waals surface area (Å²) in [6.07, 6.45) is -3.20. The van der Waals surface area contributed by atoms with E-state index in [4.69, 9.17) is 9.47 Å². The monoisotopic (exact) mass is 556 g/mol. The van der Waals surface area contributed by atoms with E-state index in [0.717, 1.165) is 25.2 Å². The van der Waals surface area contributed by atoms with Crippen LogP contribution in [-0.2, 0) is 30.3 Å². The molecular formula is C25H31F3N4O5S. The van der Waals surface area contributed by atoms with Crippen LogP contribution in [0, 0.1) is 13.8 Å². The van der Waals surface area contributed by atoms with Gasteiger partial charge in [0, 0.05) is 11.8 Å². The van der Waals surface area contributed by atoms with E-state index >= 15 is 0 Å². The van der Waals surface area contributed by atoms with Crippen molar-refractivity contribution in [1.82, 2.24) is 15.3 Å². The Balaban J connectivity index is 1.82. The maximum atomic E-state index is 13.5. The minimum absolute atomic E-state index is 0.0481. The predicted octanol–water partition coefficient (Wildman–Crippen LogP) is 4.09. The highest BCUT2D eigenvalue weighted by Gasteiger charge is 2.45. The van der Waals surface area contributed by atoms with Gasteiger partial charge in [-0.1, -0.05) is 12.1 Å². The molecule has 1 aliphatic carbocycles. The number of amides is 1. The third-order valence-corrected chi connectivity index (χ3v) is 8.08. The molecule has 0 radical (unpaired) electrons. The molecule has 4 rings (SSSR count). The molecule has 2 N–H and O–H groups in total. The van der Waals surface area contributed by atoms with Crippen LogP contribution in [0.3, 0.4) is 0 Å². The molecule has 38 heavy (non-hydrogen) atoms. The van der Waals surface area contributed by atoms with Crippen LogP contribution in [0.15, 0.2) is 18.2 Å². The average Bonchev–Trinajstić information content (AvgIpc) is 3.26. The van der Waals surface area contributed by atoms with Crippen LogP contribution >= 0.6 is 0 Å². The number of ether oxygens (including phenoxy) is 2. The molecule has 2 aliphatic rings. The molecule has 1 aromatic heterocycles. The van der Waals surface area contributed by atoms with Crippen molar-refractivity contribution in [3.8, 4) is 0 Å². The standard InChI is InChI=1S/C25H31F3N4O5S/c1-13-16(7-6-8-17(13)25(26,27)28)14(2)29-21-18(23-36-11-12-37-23)19(30-15(3)31-21)20(38(5,34)35)22(33)32-24(4)9-10-24/h6-8,14,20,23H,9-12H2,1-5H3,(H,32,33)(H,29,30,31)/t14-,20?/m1/s1. The van der Waals surface area contributed by atoms with Crippen molar-refractivity contribution in [1.29, 1.82) is 0 Å². The highest BCUT2D eigenvalue weighted by molar-refractivity contribution is 7.91. The molecule has 2 aromatic rings. The van der Waals surface area contributed by atoms with Crippen molar-refractivity contribution < 1.29 is 35.9 Å². The molecular weight excluding hydrogens is 525 g/mol. The van der Waals surface area contributed by atoms with E-state index in [9.17, 15) is 26.4 Å². The summed E-state index contributed by atoms with van der Waals surface area (Å²) in [7, 11) is -4.02. The summed E-state index contributed by atoms with van der Waals surface area (Å²) in [5.41, 5.74) is -0.796. The number of nitrogens with zero attached hydrogens (tertiary/aromatic N) is 2. The smallest absolute Gasteiger partial charge is 0.363 e. The number of halogens is 3. The molecule has 0 spiro atoms. The van der Waals surface area contributed by atoms with E-state index in [0.29, 0.717) is 5.56 Å². The fourth-order valence-corrected chi connectivity index (χ4v) is 5.61. The fraction of sp³-hybridized carbons (Fsp3) is 0.560. The van der Waals surface area contributed by atoms with Gasteiger partial charge in [0.1, 0.15) is 11.6 Å². The summed E-state index contributed by atoms with van der Waals surface area (Å²) in [4.78, 5) is 22.1. The van der Waals surface area contributed by atoms with Gasteiger partial charge in [-0.3, -0.25) is 4.79 Å². The normalized spacial score (nSPS) is 19.2. The van der Waals surface area contributed by atoms with Crippen molar-refractivity contribution in [2.24, 2.45) is 0 Å². The first-order valence-electron chi connectivity index (χ1n) is 12.2. The summed E-state index contributed by atoms with van der Waals surface area (Å²) in [5, 5.41) is 4.23. The molecule has 9 nitrogen and oxygen atoms in total. The number of carbonyl (C=O) groups excluding carboxylic acids is 1. The first kappa shape index (κ1) is 28.2. The van der Waals surface area contributed by atoms with Crippen LogP contribution in [0.4, 0.5) is 19.0 Å². The highest BCUT2D eigenvalue weighted by Crippen LogP contribution is 2.40. The molecule has 0 bridgehead atoms. The number of carbonyl (C=O) groups is 1. The lowest BCUT2D eigenvalue weighted by Crippen LogP contribution is -2.41. The Morgan fingerprint density at radius 2 is 1.79 bits per heavy atom. The minimum atomic E-state index is -4.52. The molecule has 2 atom stereocenters. The summed E-state index contributed by atoms with van der Waals surface area (Å²) in [5.74, 6) is -0.448. The lowest BCUT2D eigenvalue weighted by atomic mass is 9.97. The molecule has 2 heterocycles. The summed E-state index contributed by atoms with van der Waals surface area (Å²) in [6, 6.07) is 3.23. The second-order valence-electron chi connectivity index (χ2n) is 10.1. The van der Waals surface area contributed by atoms with E-state index in [1.54, 1.807) is 13.0 Å². The van der Waals surface area contributed by atoms with Gasteiger partial charge in [0.05, 0.1) is 36.1 Å². The number of aryl methyl sites for hydroxylation is 1. The van der Waals surface area contributed by atoms with Gasteiger partial charge >= 0.3 is 6.18 Å². The number of anilines is 1. The maximum Gasteiger partial charge on any atom is 0.416 e. The number of hydrogen-bond donors (Lipinski definition) is 2. The van der Waals surface area contributed by atoms with Gasteiger partial charge in [0.25, 0.3) is 0 Å². The third-order valence-electron chi connectivity index (χ3n) is 6.78. The largest absolute Gasteiger partial charge is 0.416 e. The van der Waals surface area contributed by atoms with Crippen molar-refractivity contribution in [2.75, 3.05) is 24.8 Å². The van der Waals surface area contributed by atoms with E-state index in [2.05, 4.69) is 20.6 Å². The van der Waals surface area contributed by atoms with Gasteiger partial charge in [0.2, 0.25) is 5.91 Å². The zero-order valence-corrected chi connectivity index (χ0v) is 22.6. The third kappa shape index (κ3) is 5.94. The van der Waals surface area contributed by atoms with Crippen molar-refractivity contribution in [3.63, 3.8) is 0 Å². The average molecular weight is 557 g/mol. The Kier molecular flexibility index (Phi) is 7.49. The van der Waals surface area contributed by atoms with Gasteiger partial charge in [-0.2, -0.15) is 13.2 Å². The first-order chi connectivity index (χ1) is 17.6. The Labute approximate surface area is 219 Å². The number of rotatable bonds is 8. The Hall–Kier alpha value is -2.77. The molecule has 1 unspecified atom stereocenters. The van der Waals surface area contributed by atoms with Crippen LogP contribution in [0.5, 0.6) is 0 Å². The number of aromatic nitrogens is 2. The lowest BCUT2D eigenvalue weighted by Gasteiger charge is -2.26. The van der Waals surface area contributed by atoms with Gasteiger partial charge in [0.15, 0.2) is 21.4 Å². The summed E-state index contributed by atoms with van der Waals surface area (Å²) >= 11 is 0. The number of nitrogens with one attached hydrogen (secondary N) is 2. The van der Waals surface area contributed by atoms with Crippen LogP contribution in [0.1, 0.15) is 78.0 Å². The topological polar surface area (TPSA) is 120 Å². The van der Waals surface area contributed by atoms with Crippen LogP contribution in [0.2, 0.25) is 0 Å². The number of hydrogen-bond acceptors (Lipinski definition) is 8.